The smallest absolute Gasteiger partial charge is 0.263 e. The van der Waals surface area contributed by atoms with Crippen molar-refractivity contribution < 1.29 is 13.2 Å². The van der Waals surface area contributed by atoms with Crippen LogP contribution in [0.2, 0.25) is 0 Å². The lowest BCUT2D eigenvalue weighted by Gasteiger charge is -2.34. The van der Waals surface area contributed by atoms with Crippen LogP contribution in [0.15, 0.2) is 46.7 Å². The molecule has 27 heavy (non-hydrogen) atoms. The van der Waals surface area contributed by atoms with Gasteiger partial charge in [-0.05, 0) is 43.6 Å². The fraction of sp³-hybridized carbons (Fsp3) is 0.421. The van der Waals surface area contributed by atoms with Crippen molar-refractivity contribution in [3.63, 3.8) is 0 Å². The molecule has 1 spiro atoms. The zero-order valence-electron chi connectivity index (χ0n) is 15.5. The molecule has 1 fully saturated rings. The molecule has 1 aromatic carbocycles. The number of hydrogen-bond donors (Lipinski definition) is 0. The van der Waals surface area contributed by atoms with Crippen LogP contribution in [-0.4, -0.2) is 68.7 Å². The number of sulfonamides is 1. The van der Waals surface area contributed by atoms with Crippen LogP contribution < -0.4 is 0 Å². The maximum absolute atomic E-state index is 13.3. The summed E-state index contributed by atoms with van der Waals surface area (Å²) in [6.45, 7) is 1.99. The second-order valence-electron chi connectivity index (χ2n) is 7.36. The third kappa shape index (κ3) is 2.91. The van der Waals surface area contributed by atoms with Crippen molar-refractivity contribution in [2.24, 2.45) is 0 Å². The topological polar surface area (TPSA) is 60.9 Å². The van der Waals surface area contributed by atoms with Crippen LogP contribution in [0, 0.1) is 0 Å². The third-order valence-electron chi connectivity index (χ3n) is 5.45. The summed E-state index contributed by atoms with van der Waals surface area (Å²) in [5.74, 6) is -0.0174. The van der Waals surface area contributed by atoms with Gasteiger partial charge in [-0.2, -0.15) is 4.31 Å². The Labute approximate surface area is 164 Å². The highest BCUT2D eigenvalue weighted by Crippen LogP contribution is 2.49. The zero-order valence-corrected chi connectivity index (χ0v) is 17.1. The van der Waals surface area contributed by atoms with Crippen molar-refractivity contribution in [2.45, 2.75) is 16.9 Å². The van der Waals surface area contributed by atoms with Crippen molar-refractivity contribution in [3.05, 3.63) is 52.2 Å². The van der Waals surface area contributed by atoms with Crippen LogP contribution in [0.1, 0.15) is 21.7 Å². The SMILES string of the molecule is CN(C)CCN1[C@]2(CCN(C(=O)c3cccs3)C2)c2ccccc2S1(=O)=O. The Hall–Kier alpha value is -1.74. The molecule has 1 aromatic heterocycles. The molecule has 2 aliphatic heterocycles. The molecule has 8 heteroatoms. The largest absolute Gasteiger partial charge is 0.336 e. The highest BCUT2D eigenvalue weighted by molar-refractivity contribution is 7.89. The van der Waals surface area contributed by atoms with E-state index in [0.29, 0.717) is 42.4 Å². The van der Waals surface area contributed by atoms with Gasteiger partial charge >= 0.3 is 0 Å². The van der Waals surface area contributed by atoms with Crippen molar-refractivity contribution in [1.82, 2.24) is 14.1 Å². The summed E-state index contributed by atoms with van der Waals surface area (Å²) < 4.78 is 28.2. The van der Waals surface area contributed by atoms with Gasteiger partial charge in [-0.3, -0.25) is 4.79 Å². The van der Waals surface area contributed by atoms with Gasteiger partial charge in [0, 0.05) is 26.2 Å². The minimum atomic E-state index is -3.57. The molecule has 1 amide bonds. The molecule has 144 valence electrons. The van der Waals surface area contributed by atoms with E-state index < -0.39 is 15.6 Å². The van der Waals surface area contributed by atoms with Gasteiger partial charge in [0.05, 0.1) is 15.3 Å². The molecule has 3 heterocycles. The summed E-state index contributed by atoms with van der Waals surface area (Å²) in [5, 5.41) is 1.89. The van der Waals surface area contributed by atoms with Gasteiger partial charge < -0.3 is 9.80 Å². The molecular formula is C19H23N3O3S2. The molecule has 0 bridgehead atoms. The van der Waals surface area contributed by atoms with E-state index in [2.05, 4.69) is 0 Å². The number of hydrogen-bond acceptors (Lipinski definition) is 5. The van der Waals surface area contributed by atoms with E-state index in [4.69, 9.17) is 0 Å². The lowest BCUT2D eigenvalue weighted by atomic mass is 9.89. The van der Waals surface area contributed by atoms with E-state index in [0.717, 1.165) is 5.56 Å². The van der Waals surface area contributed by atoms with Crippen molar-refractivity contribution in [2.75, 3.05) is 40.3 Å². The maximum atomic E-state index is 13.3. The average molecular weight is 406 g/mol. The highest BCUT2D eigenvalue weighted by Gasteiger charge is 2.57. The summed E-state index contributed by atoms with van der Waals surface area (Å²) >= 11 is 1.42. The summed E-state index contributed by atoms with van der Waals surface area (Å²) in [4.78, 5) is 17.7. The number of carbonyl (C=O) groups excluding carboxylic acids is 1. The average Bonchev–Trinajstić information content (AvgIpc) is 3.34. The van der Waals surface area contributed by atoms with Gasteiger partial charge in [-0.1, -0.05) is 24.3 Å². The minimum absolute atomic E-state index is 0.0174. The second kappa shape index (κ2) is 6.70. The molecular weight excluding hydrogens is 382 g/mol. The number of rotatable bonds is 4. The zero-order chi connectivity index (χ0) is 19.2. The van der Waals surface area contributed by atoms with Gasteiger partial charge in [-0.15, -0.1) is 11.3 Å². The molecule has 4 rings (SSSR count). The number of benzene rings is 1. The summed E-state index contributed by atoms with van der Waals surface area (Å²) in [6.07, 6.45) is 0.619. The van der Waals surface area contributed by atoms with E-state index in [1.165, 1.54) is 11.3 Å². The Kier molecular flexibility index (Phi) is 4.62. The summed E-state index contributed by atoms with van der Waals surface area (Å²) in [6, 6.07) is 10.9. The van der Waals surface area contributed by atoms with Crippen molar-refractivity contribution in [1.29, 1.82) is 0 Å². The van der Waals surface area contributed by atoms with E-state index in [-0.39, 0.29) is 5.91 Å². The lowest BCUT2D eigenvalue weighted by molar-refractivity contribution is 0.0767. The fourth-order valence-electron chi connectivity index (χ4n) is 4.13. The fourth-order valence-corrected chi connectivity index (χ4v) is 6.87. The van der Waals surface area contributed by atoms with Crippen LogP contribution >= 0.6 is 11.3 Å². The Balaban J connectivity index is 1.73. The predicted molar refractivity (Wildman–Crippen MR) is 105 cm³/mol. The van der Waals surface area contributed by atoms with Crippen LogP contribution in [0.4, 0.5) is 0 Å². The first kappa shape index (κ1) is 18.6. The summed E-state index contributed by atoms with van der Waals surface area (Å²) in [7, 11) is 0.303. The Morgan fingerprint density at radius 3 is 2.70 bits per heavy atom. The van der Waals surface area contributed by atoms with Crippen LogP contribution in [0.5, 0.6) is 0 Å². The molecule has 0 unspecified atom stereocenters. The number of thiophene rings is 1. The van der Waals surface area contributed by atoms with Gasteiger partial charge in [0.15, 0.2) is 0 Å². The first-order valence-electron chi connectivity index (χ1n) is 8.96. The number of nitrogens with zero attached hydrogens (tertiary/aromatic N) is 3. The molecule has 0 aliphatic carbocycles. The third-order valence-corrected chi connectivity index (χ3v) is 8.33. The maximum Gasteiger partial charge on any atom is 0.263 e. The van der Waals surface area contributed by atoms with Crippen LogP contribution in [-0.2, 0) is 15.6 Å². The lowest BCUT2D eigenvalue weighted by Crippen LogP contribution is -2.48. The number of likely N-dealkylation sites (tertiary alicyclic amines) is 1. The minimum Gasteiger partial charge on any atom is -0.336 e. The van der Waals surface area contributed by atoms with Crippen molar-refractivity contribution in [3.8, 4) is 0 Å². The first-order valence-corrected chi connectivity index (χ1v) is 11.3. The predicted octanol–water partition coefficient (Wildman–Crippen LogP) is 2.06. The first-order chi connectivity index (χ1) is 12.9. The number of likely N-dealkylation sites (N-methyl/N-ethyl adjacent to an activating group) is 1. The van der Waals surface area contributed by atoms with Crippen LogP contribution in [0.25, 0.3) is 0 Å². The van der Waals surface area contributed by atoms with Gasteiger partial charge in [0.25, 0.3) is 5.91 Å². The van der Waals surface area contributed by atoms with E-state index >= 15 is 0 Å². The van der Waals surface area contributed by atoms with Crippen molar-refractivity contribution >= 4 is 27.3 Å². The molecule has 2 aliphatic rings. The van der Waals surface area contributed by atoms with E-state index in [9.17, 15) is 13.2 Å². The number of fused-ring (bicyclic) bond motifs is 2. The van der Waals surface area contributed by atoms with E-state index in [1.807, 2.05) is 48.6 Å². The molecule has 0 N–H and O–H groups in total. The molecule has 6 nitrogen and oxygen atoms in total. The molecule has 2 aromatic rings. The van der Waals surface area contributed by atoms with Crippen LogP contribution in [0.3, 0.4) is 0 Å². The highest BCUT2D eigenvalue weighted by atomic mass is 32.2. The molecule has 1 atom stereocenters. The monoisotopic (exact) mass is 405 g/mol. The van der Waals surface area contributed by atoms with Gasteiger partial charge in [0.1, 0.15) is 0 Å². The molecule has 1 saturated heterocycles. The van der Waals surface area contributed by atoms with E-state index in [1.54, 1.807) is 21.3 Å². The standard InChI is InChI=1S/C19H23N3O3S2/c1-20(2)11-12-22-19(15-6-3-4-8-17(15)27(22,24)25)9-10-21(14-19)18(23)16-7-5-13-26-16/h3-8,13H,9-12,14H2,1-2H3/t19-/m0/s1. The number of carbonyl (C=O) groups is 1. The van der Waals surface area contributed by atoms with Gasteiger partial charge in [0.2, 0.25) is 10.0 Å². The Bertz CT molecular complexity index is 956. The quantitative estimate of drug-likeness (QED) is 0.781. The number of amides is 1. The second-order valence-corrected chi connectivity index (χ2v) is 10.1. The Morgan fingerprint density at radius 1 is 1.22 bits per heavy atom. The normalized spacial score (nSPS) is 24.0. The molecule has 0 saturated carbocycles. The molecule has 0 radical (unpaired) electrons. The summed E-state index contributed by atoms with van der Waals surface area (Å²) in [5.41, 5.74) is 0.156. The van der Waals surface area contributed by atoms with Gasteiger partial charge in [-0.25, -0.2) is 8.42 Å². The Morgan fingerprint density at radius 2 is 2.00 bits per heavy atom.